The van der Waals surface area contributed by atoms with Crippen LogP contribution in [0.2, 0.25) is 0 Å². The molecule has 2 aliphatic heterocycles. The predicted molar refractivity (Wildman–Crippen MR) is 101 cm³/mol. The number of carbonyl (C=O) groups excluding carboxylic acids is 1. The van der Waals surface area contributed by atoms with E-state index in [0.29, 0.717) is 43.8 Å². The number of ether oxygens (including phenoxy) is 1. The van der Waals surface area contributed by atoms with Crippen molar-refractivity contribution in [3.8, 4) is 0 Å². The van der Waals surface area contributed by atoms with Gasteiger partial charge in [0.25, 0.3) is 5.91 Å². The number of likely N-dealkylation sites (tertiary alicyclic amines) is 1. The minimum absolute atomic E-state index is 0.203. The molecule has 0 bridgehead atoms. The van der Waals surface area contributed by atoms with Crippen LogP contribution >= 0.6 is 15.9 Å². The van der Waals surface area contributed by atoms with Gasteiger partial charge in [-0.15, -0.1) is 0 Å². The van der Waals surface area contributed by atoms with Gasteiger partial charge in [-0.25, -0.2) is 8.42 Å². The summed E-state index contributed by atoms with van der Waals surface area (Å²) in [6.07, 6.45) is 0.847. The fourth-order valence-corrected chi connectivity index (χ4v) is 5.74. The van der Waals surface area contributed by atoms with E-state index in [2.05, 4.69) is 15.9 Å². The number of rotatable bonds is 3. The third-order valence-electron chi connectivity index (χ3n) is 5.07. The van der Waals surface area contributed by atoms with Crippen LogP contribution in [0.15, 0.2) is 56.4 Å². The molecule has 0 atom stereocenters. The lowest BCUT2D eigenvalue weighted by atomic mass is 10.0. The second kappa shape index (κ2) is 7.05. The smallest absolute Gasteiger partial charge is 0.289 e. The number of carbonyl (C=O) groups is 1. The normalized spacial score (nSPS) is 20.3. The molecule has 9 heteroatoms. The second-order valence-electron chi connectivity index (χ2n) is 6.58. The molecule has 7 nitrogen and oxygen atoms in total. The highest BCUT2D eigenvalue weighted by molar-refractivity contribution is 9.10. The molecule has 1 aromatic carbocycles. The molecule has 0 radical (unpaired) electrons. The van der Waals surface area contributed by atoms with Crippen molar-refractivity contribution in [1.82, 2.24) is 9.21 Å². The largest absolute Gasteiger partial charge is 0.444 e. The van der Waals surface area contributed by atoms with Crippen molar-refractivity contribution in [3.63, 3.8) is 0 Å². The highest BCUT2D eigenvalue weighted by Gasteiger charge is 2.51. The molecule has 27 heavy (non-hydrogen) atoms. The van der Waals surface area contributed by atoms with E-state index in [0.717, 1.165) is 0 Å². The van der Waals surface area contributed by atoms with Crippen molar-refractivity contribution in [1.29, 1.82) is 0 Å². The van der Waals surface area contributed by atoms with Gasteiger partial charge in [-0.2, -0.15) is 4.31 Å². The Kier molecular flexibility index (Phi) is 4.87. The summed E-state index contributed by atoms with van der Waals surface area (Å²) in [7, 11) is -3.65. The molecule has 2 aromatic rings. The van der Waals surface area contributed by atoms with Gasteiger partial charge in [0.15, 0.2) is 10.4 Å². The van der Waals surface area contributed by atoms with E-state index in [-0.39, 0.29) is 16.6 Å². The lowest BCUT2D eigenvalue weighted by Crippen LogP contribution is -2.55. The third-order valence-corrected chi connectivity index (χ3v) is 7.46. The number of hydrogen-bond acceptors (Lipinski definition) is 5. The Labute approximate surface area is 166 Å². The van der Waals surface area contributed by atoms with Crippen molar-refractivity contribution in [2.45, 2.75) is 23.5 Å². The van der Waals surface area contributed by atoms with Gasteiger partial charge in [0.05, 0.1) is 11.5 Å². The van der Waals surface area contributed by atoms with Crippen LogP contribution < -0.4 is 0 Å². The lowest BCUT2D eigenvalue weighted by Gasteiger charge is -2.42. The monoisotopic (exact) mass is 454 g/mol. The highest BCUT2D eigenvalue weighted by atomic mass is 79.9. The summed E-state index contributed by atoms with van der Waals surface area (Å²) in [6, 6.07) is 11.7. The van der Waals surface area contributed by atoms with Crippen molar-refractivity contribution < 1.29 is 22.4 Å². The molecule has 3 heterocycles. The zero-order valence-electron chi connectivity index (χ0n) is 14.5. The van der Waals surface area contributed by atoms with Gasteiger partial charge in [0, 0.05) is 32.5 Å². The number of amides is 1. The number of hydrogen-bond donors (Lipinski definition) is 0. The topological polar surface area (TPSA) is 80.1 Å². The van der Waals surface area contributed by atoms with Gasteiger partial charge >= 0.3 is 0 Å². The van der Waals surface area contributed by atoms with Crippen molar-refractivity contribution >= 4 is 31.9 Å². The molecule has 2 fully saturated rings. The summed E-state index contributed by atoms with van der Waals surface area (Å²) in [5.41, 5.74) is -0.894. The number of nitrogens with zero attached hydrogens (tertiary/aromatic N) is 2. The van der Waals surface area contributed by atoms with E-state index in [1.165, 1.54) is 4.31 Å². The molecule has 144 valence electrons. The van der Waals surface area contributed by atoms with E-state index >= 15 is 0 Å². The Hall–Kier alpha value is -1.68. The van der Waals surface area contributed by atoms with E-state index in [9.17, 15) is 13.2 Å². The van der Waals surface area contributed by atoms with Crippen LogP contribution in [-0.4, -0.2) is 55.5 Å². The van der Waals surface area contributed by atoms with E-state index in [1.807, 2.05) is 0 Å². The standard InChI is InChI=1S/C18H19BrN2O5S/c19-16-7-6-15(26-16)17(22)20-10-8-18(9-11-20)21(12-13-25-18)27(23,24)14-4-2-1-3-5-14/h1-7H,8-13H2. The maximum atomic E-state index is 13.1. The first-order chi connectivity index (χ1) is 12.9. The fourth-order valence-electron chi connectivity index (χ4n) is 3.69. The summed E-state index contributed by atoms with van der Waals surface area (Å²) in [5, 5.41) is 0. The zero-order chi connectivity index (χ0) is 19.1. The van der Waals surface area contributed by atoms with Gasteiger partial charge in [0.1, 0.15) is 5.72 Å². The van der Waals surface area contributed by atoms with E-state index in [4.69, 9.17) is 9.15 Å². The van der Waals surface area contributed by atoms with Crippen molar-refractivity contribution in [2.24, 2.45) is 0 Å². The molecule has 0 aliphatic carbocycles. The first-order valence-corrected chi connectivity index (χ1v) is 10.9. The number of furan rings is 1. The molecule has 0 unspecified atom stereocenters. The van der Waals surface area contributed by atoms with Crippen LogP contribution in [0.25, 0.3) is 0 Å². The van der Waals surface area contributed by atoms with Gasteiger partial charge in [-0.1, -0.05) is 18.2 Å². The molecule has 0 saturated carbocycles. The summed E-state index contributed by atoms with van der Waals surface area (Å²) in [5.74, 6) is 0.0601. The Morgan fingerprint density at radius 1 is 1.04 bits per heavy atom. The van der Waals surface area contributed by atoms with Gasteiger partial charge in [0.2, 0.25) is 10.0 Å². The zero-order valence-corrected chi connectivity index (χ0v) is 16.9. The number of benzene rings is 1. The molecular formula is C18H19BrN2O5S. The number of sulfonamides is 1. The first kappa shape index (κ1) is 18.7. The van der Waals surface area contributed by atoms with E-state index < -0.39 is 15.7 Å². The maximum Gasteiger partial charge on any atom is 0.289 e. The summed E-state index contributed by atoms with van der Waals surface area (Å²) >= 11 is 3.19. The Morgan fingerprint density at radius 3 is 2.37 bits per heavy atom. The summed E-state index contributed by atoms with van der Waals surface area (Å²) in [6.45, 7) is 1.47. The van der Waals surface area contributed by atoms with Crippen LogP contribution in [0.4, 0.5) is 0 Å². The Morgan fingerprint density at radius 2 is 1.74 bits per heavy atom. The average molecular weight is 455 g/mol. The minimum Gasteiger partial charge on any atom is -0.444 e. The van der Waals surface area contributed by atoms with Crippen LogP contribution in [0.5, 0.6) is 0 Å². The third kappa shape index (κ3) is 3.33. The van der Waals surface area contributed by atoms with Gasteiger partial charge in [-0.05, 0) is 40.2 Å². The quantitative estimate of drug-likeness (QED) is 0.711. The maximum absolute atomic E-state index is 13.1. The molecule has 1 aromatic heterocycles. The molecule has 1 spiro atoms. The predicted octanol–water partition coefficient (Wildman–Crippen LogP) is 2.70. The number of halogens is 1. The highest BCUT2D eigenvalue weighted by Crippen LogP contribution is 2.38. The SMILES string of the molecule is O=C(c1ccc(Br)o1)N1CCC2(CC1)OCCN2S(=O)(=O)c1ccccc1. The van der Waals surface area contributed by atoms with Crippen LogP contribution in [0.3, 0.4) is 0 Å². The molecule has 0 N–H and O–H groups in total. The molecule has 2 aliphatic rings. The van der Waals surface area contributed by atoms with Crippen LogP contribution in [0.1, 0.15) is 23.4 Å². The Balaban J connectivity index is 1.52. The molecule has 2 saturated heterocycles. The molecule has 4 rings (SSSR count). The fraction of sp³-hybridized carbons (Fsp3) is 0.389. The van der Waals surface area contributed by atoms with Crippen molar-refractivity contribution in [2.75, 3.05) is 26.2 Å². The summed E-state index contributed by atoms with van der Waals surface area (Å²) in [4.78, 5) is 14.5. The second-order valence-corrected chi connectivity index (χ2v) is 9.22. The van der Waals surface area contributed by atoms with Gasteiger partial charge in [-0.3, -0.25) is 4.79 Å². The molecular weight excluding hydrogens is 436 g/mol. The molecule has 1 amide bonds. The average Bonchev–Trinajstić information content (AvgIpc) is 3.29. The van der Waals surface area contributed by atoms with Crippen LogP contribution in [-0.2, 0) is 14.8 Å². The van der Waals surface area contributed by atoms with Crippen molar-refractivity contribution in [3.05, 3.63) is 52.9 Å². The minimum atomic E-state index is -3.65. The van der Waals surface area contributed by atoms with Crippen LogP contribution in [0, 0.1) is 0 Å². The first-order valence-electron chi connectivity index (χ1n) is 8.69. The van der Waals surface area contributed by atoms with E-state index in [1.54, 1.807) is 47.4 Å². The van der Waals surface area contributed by atoms with Gasteiger partial charge < -0.3 is 14.1 Å². The summed E-state index contributed by atoms with van der Waals surface area (Å²) < 4.78 is 39.4. The Bertz CT molecular complexity index is 936. The lowest BCUT2D eigenvalue weighted by molar-refractivity contribution is -0.0859. The number of piperidine rings is 1.